The van der Waals surface area contributed by atoms with Crippen molar-refractivity contribution in [1.82, 2.24) is 4.90 Å². The third-order valence-electron chi connectivity index (χ3n) is 3.02. The number of carboxylic acid groups (broad SMARTS) is 1. The molecule has 18 heavy (non-hydrogen) atoms. The van der Waals surface area contributed by atoms with Crippen molar-refractivity contribution in [3.8, 4) is 11.8 Å². The molecule has 1 aromatic rings. The number of rotatable bonds is 1. The van der Waals surface area contributed by atoms with Crippen molar-refractivity contribution in [2.24, 2.45) is 0 Å². The van der Waals surface area contributed by atoms with Gasteiger partial charge in [0, 0.05) is 13.1 Å². The van der Waals surface area contributed by atoms with Crippen LogP contribution in [0.15, 0.2) is 18.2 Å². The lowest BCUT2D eigenvalue weighted by molar-refractivity contribution is -0.125. The van der Waals surface area contributed by atoms with E-state index in [0.717, 1.165) is 11.1 Å². The highest BCUT2D eigenvalue weighted by Crippen LogP contribution is 2.22. The van der Waals surface area contributed by atoms with Gasteiger partial charge in [-0.15, -0.1) is 0 Å². The van der Waals surface area contributed by atoms with Crippen LogP contribution in [0.3, 0.4) is 0 Å². The molecule has 1 aliphatic heterocycles. The van der Waals surface area contributed by atoms with Crippen LogP contribution in [0.2, 0.25) is 0 Å². The van der Waals surface area contributed by atoms with Crippen LogP contribution in [0.1, 0.15) is 28.4 Å². The topological polar surface area (TPSA) is 57.6 Å². The van der Waals surface area contributed by atoms with E-state index in [1.807, 2.05) is 6.07 Å². The summed E-state index contributed by atoms with van der Waals surface area (Å²) >= 11 is 0. The smallest absolute Gasteiger partial charge is 0.335 e. The Bertz CT molecular complexity index is 566. The van der Waals surface area contributed by atoms with Gasteiger partial charge in [-0.2, -0.15) is 0 Å². The maximum atomic E-state index is 11.7. The van der Waals surface area contributed by atoms with E-state index in [-0.39, 0.29) is 5.91 Å². The van der Waals surface area contributed by atoms with Gasteiger partial charge in [0.2, 0.25) is 0 Å². The van der Waals surface area contributed by atoms with Gasteiger partial charge in [0.1, 0.15) is 0 Å². The van der Waals surface area contributed by atoms with Gasteiger partial charge in [-0.05, 0) is 36.5 Å². The molecule has 0 saturated carbocycles. The van der Waals surface area contributed by atoms with Crippen LogP contribution in [0.4, 0.5) is 0 Å². The van der Waals surface area contributed by atoms with Crippen molar-refractivity contribution in [3.05, 3.63) is 34.9 Å². The number of aromatic carboxylic acids is 1. The second-order valence-electron chi connectivity index (χ2n) is 4.10. The number of amides is 1. The minimum absolute atomic E-state index is 0.205. The Balaban J connectivity index is 2.30. The maximum Gasteiger partial charge on any atom is 0.335 e. The van der Waals surface area contributed by atoms with Gasteiger partial charge in [-0.25, -0.2) is 4.79 Å². The Kier molecular flexibility index (Phi) is 3.33. The highest BCUT2D eigenvalue weighted by atomic mass is 16.4. The van der Waals surface area contributed by atoms with E-state index < -0.39 is 5.97 Å². The first-order valence-electron chi connectivity index (χ1n) is 5.69. The van der Waals surface area contributed by atoms with Crippen LogP contribution in [0.5, 0.6) is 0 Å². The van der Waals surface area contributed by atoms with Crippen LogP contribution in [0, 0.1) is 11.8 Å². The summed E-state index contributed by atoms with van der Waals surface area (Å²) in [6.07, 6.45) is 0.564. The summed E-state index contributed by atoms with van der Waals surface area (Å²) in [6, 6.07) is 5.17. The fourth-order valence-electron chi connectivity index (χ4n) is 2.17. The highest BCUT2D eigenvalue weighted by Gasteiger charge is 2.23. The van der Waals surface area contributed by atoms with E-state index >= 15 is 0 Å². The maximum absolute atomic E-state index is 11.7. The van der Waals surface area contributed by atoms with Crippen molar-refractivity contribution in [1.29, 1.82) is 0 Å². The van der Waals surface area contributed by atoms with E-state index in [1.165, 1.54) is 0 Å². The summed E-state index contributed by atoms with van der Waals surface area (Å²) in [7, 11) is 0. The standard InChI is InChI=1S/C14H13NO3/c1-2-4-13(16)15-8-7-11-10(9-15)5-3-6-12(11)14(17)18/h3,5-6H,7-9H2,1H3,(H,17,18). The summed E-state index contributed by atoms with van der Waals surface area (Å²) in [5, 5.41) is 9.10. The van der Waals surface area contributed by atoms with E-state index in [0.29, 0.717) is 25.1 Å². The number of nitrogens with zero attached hydrogens (tertiary/aromatic N) is 1. The fraction of sp³-hybridized carbons (Fsp3) is 0.286. The Hall–Kier alpha value is -2.28. The quantitative estimate of drug-likeness (QED) is 0.756. The molecule has 1 aliphatic rings. The summed E-state index contributed by atoms with van der Waals surface area (Å²) in [4.78, 5) is 24.4. The molecule has 1 N–H and O–H groups in total. The van der Waals surface area contributed by atoms with Crippen LogP contribution < -0.4 is 0 Å². The molecule has 92 valence electrons. The monoisotopic (exact) mass is 243 g/mol. The number of carbonyl (C=O) groups is 2. The predicted molar refractivity (Wildman–Crippen MR) is 66.0 cm³/mol. The second kappa shape index (κ2) is 4.92. The zero-order chi connectivity index (χ0) is 13.1. The summed E-state index contributed by atoms with van der Waals surface area (Å²) in [5.74, 6) is 3.97. The van der Waals surface area contributed by atoms with Crippen LogP contribution in [-0.2, 0) is 17.8 Å². The first kappa shape index (κ1) is 12.2. The van der Waals surface area contributed by atoms with Gasteiger partial charge in [0.05, 0.1) is 5.56 Å². The van der Waals surface area contributed by atoms with Crippen molar-refractivity contribution in [2.75, 3.05) is 6.54 Å². The number of hydrogen-bond acceptors (Lipinski definition) is 2. The molecule has 4 nitrogen and oxygen atoms in total. The molecule has 0 atom stereocenters. The lowest BCUT2D eigenvalue weighted by Gasteiger charge is -2.28. The van der Waals surface area contributed by atoms with Crippen LogP contribution in [0.25, 0.3) is 0 Å². The van der Waals surface area contributed by atoms with Crippen molar-refractivity contribution in [2.45, 2.75) is 19.9 Å². The first-order valence-corrected chi connectivity index (χ1v) is 5.69. The molecule has 1 aromatic carbocycles. The van der Waals surface area contributed by atoms with Crippen molar-refractivity contribution in [3.63, 3.8) is 0 Å². The Labute approximate surface area is 105 Å². The molecule has 0 fully saturated rings. The van der Waals surface area contributed by atoms with E-state index in [2.05, 4.69) is 11.8 Å². The van der Waals surface area contributed by atoms with Crippen molar-refractivity contribution >= 4 is 11.9 Å². The minimum Gasteiger partial charge on any atom is -0.478 e. The van der Waals surface area contributed by atoms with Crippen LogP contribution >= 0.6 is 0 Å². The molecule has 1 heterocycles. The number of carboxylic acids is 1. The largest absolute Gasteiger partial charge is 0.478 e. The molecule has 0 saturated heterocycles. The number of fused-ring (bicyclic) bond motifs is 1. The summed E-state index contributed by atoms with van der Waals surface area (Å²) < 4.78 is 0. The van der Waals surface area contributed by atoms with Gasteiger partial charge in [0.15, 0.2) is 0 Å². The molecule has 0 radical (unpaired) electrons. The lowest BCUT2D eigenvalue weighted by atomic mass is 9.94. The summed E-state index contributed by atoms with van der Waals surface area (Å²) in [6.45, 7) is 2.58. The van der Waals surface area contributed by atoms with Gasteiger partial charge in [0.25, 0.3) is 5.91 Å². The average molecular weight is 243 g/mol. The van der Waals surface area contributed by atoms with Crippen LogP contribution in [-0.4, -0.2) is 28.4 Å². The Morgan fingerprint density at radius 1 is 1.39 bits per heavy atom. The SMILES string of the molecule is CC#CC(=O)N1CCc2c(cccc2C(=O)O)C1. The normalized spacial score (nSPS) is 13.3. The molecule has 0 spiro atoms. The number of hydrogen-bond donors (Lipinski definition) is 1. The second-order valence-corrected chi connectivity index (χ2v) is 4.10. The molecular formula is C14H13NO3. The molecule has 0 unspecified atom stereocenters. The summed E-state index contributed by atoms with van der Waals surface area (Å²) in [5.41, 5.74) is 2.06. The third kappa shape index (κ3) is 2.21. The van der Waals surface area contributed by atoms with Gasteiger partial charge >= 0.3 is 5.97 Å². The number of benzene rings is 1. The van der Waals surface area contributed by atoms with E-state index in [9.17, 15) is 9.59 Å². The van der Waals surface area contributed by atoms with Gasteiger partial charge < -0.3 is 10.0 Å². The molecule has 2 rings (SSSR count). The van der Waals surface area contributed by atoms with Crippen molar-refractivity contribution < 1.29 is 14.7 Å². The van der Waals surface area contributed by atoms with Gasteiger partial charge in [-0.3, -0.25) is 4.79 Å². The highest BCUT2D eigenvalue weighted by molar-refractivity contribution is 5.94. The molecule has 4 heteroatoms. The zero-order valence-electron chi connectivity index (χ0n) is 10.1. The average Bonchev–Trinajstić information content (AvgIpc) is 2.37. The molecule has 1 amide bonds. The Morgan fingerprint density at radius 3 is 2.83 bits per heavy atom. The Morgan fingerprint density at radius 2 is 2.17 bits per heavy atom. The molecule has 0 aliphatic carbocycles. The van der Waals surface area contributed by atoms with E-state index in [4.69, 9.17) is 5.11 Å². The third-order valence-corrected chi connectivity index (χ3v) is 3.02. The number of carbonyl (C=O) groups excluding carboxylic acids is 1. The first-order chi connectivity index (χ1) is 8.63. The predicted octanol–water partition coefficient (Wildman–Crippen LogP) is 1.29. The van der Waals surface area contributed by atoms with Gasteiger partial charge in [-0.1, -0.05) is 18.1 Å². The fourth-order valence-corrected chi connectivity index (χ4v) is 2.17. The van der Waals surface area contributed by atoms with E-state index in [1.54, 1.807) is 24.0 Å². The zero-order valence-corrected chi connectivity index (χ0v) is 10.1. The molecule has 0 bridgehead atoms. The minimum atomic E-state index is -0.917. The molecular weight excluding hydrogens is 230 g/mol. The molecule has 0 aromatic heterocycles. The lowest BCUT2D eigenvalue weighted by Crippen LogP contribution is -2.35.